The summed E-state index contributed by atoms with van der Waals surface area (Å²) in [6, 6.07) is 8.78. The summed E-state index contributed by atoms with van der Waals surface area (Å²) in [4.78, 5) is 3.92. The molecule has 2 rings (SSSR count). The summed E-state index contributed by atoms with van der Waals surface area (Å²) < 4.78 is 0. The number of aromatic nitrogens is 1. The molecule has 0 atom stereocenters. The molecule has 0 spiro atoms. The third-order valence-electron chi connectivity index (χ3n) is 1.84. The van der Waals surface area contributed by atoms with Crippen molar-refractivity contribution in [2.75, 3.05) is 0 Å². The van der Waals surface area contributed by atoms with Crippen molar-refractivity contribution >= 4 is 11.5 Å². The zero-order valence-electron chi connectivity index (χ0n) is 11.2. The largest absolute Gasteiger partial charge is 1.00 e. The number of hydrogen-bond donors (Lipinski definition) is 0. The van der Waals surface area contributed by atoms with Crippen LogP contribution in [0.1, 0.15) is 0 Å². The Morgan fingerprint density at radius 1 is 0.900 bits per heavy atom. The molecule has 4 N–H and O–H groups in total. The minimum Gasteiger partial charge on any atom is -0.872 e. The van der Waals surface area contributed by atoms with Gasteiger partial charge in [-0.1, -0.05) is 23.9 Å². The van der Waals surface area contributed by atoms with Crippen molar-refractivity contribution in [3.8, 4) is 11.5 Å². The molecule has 0 unspecified atom stereocenters. The first-order chi connectivity index (χ1) is 7.75. The maximum absolute atomic E-state index is 11.3. The Labute approximate surface area is 160 Å². The predicted octanol–water partition coefficient (Wildman–Crippen LogP) is -6.00. The number of rotatable bonds is 2. The van der Waals surface area contributed by atoms with Gasteiger partial charge in [-0.25, -0.2) is 4.98 Å². The minimum atomic E-state index is -0.438. The van der Waals surface area contributed by atoms with Crippen LogP contribution >= 0.6 is 0 Å². The molecule has 0 saturated heterocycles. The molecule has 96 valence electrons. The van der Waals surface area contributed by atoms with Crippen LogP contribution < -0.4 is 69.3 Å². The summed E-state index contributed by atoms with van der Waals surface area (Å²) in [5.41, 5.74) is 0.130. The molecule has 1 heterocycles. The first kappa shape index (κ1) is 24.5. The summed E-state index contributed by atoms with van der Waals surface area (Å²) in [5, 5.41) is 29.6. The maximum Gasteiger partial charge on any atom is 1.00 e. The Balaban J connectivity index is -0.000000722. The van der Waals surface area contributed by atoms with E-state index in [1.54, 1.807) is 24.4 Å². The third kappa shape index (κ3) is 7.32. The van der Waals surface area contributed by atoms with Crippen LogP contribution in [0, 0.1) is 0 Å². The smallest absolute Gasteiger partial charge is 0.872 e. The van der Waals surface area contributed by atoms with E-state index in [-0.39, 0.29) is 81.5 Å². The van der Waals surface area contributed by atoms with Gasteiger partial charge in [-0.05, 0) is 18.2 Å². The molecule has 0 aliphatic heterocycles. The maximum atomic E-state index is 11.3. The van der Waals surface area contributed by atoms with E-state index in [1.807, 2.05) is 0 Å². The van der Waals surface area contributed by atoms with Crippen LogP contribution in [0.15, 0.2) is 52.8 Å². The topological polar surface area (TPSA) is 147 Å². The molecule has 0 fully saturated rings. The fourth-order valence-corrected chi connectivity index (χ4v) is 1.10. The van der Waals surface area contributed by atoms with E-state index in [0.717, 1.165) is 6.07 Å². The van der Waals surface area contributed by atoms with Crippen LogP contribution in [0.3, 0.4) is 0 Å². The molecule has 2 aromatic rings. The van der Waals surface area contributed by atoms with Gasteiger partial charge in [0, 0.05) is 6.20 Å². The van der Waals surface area contributed by atoms with E-state index >= 15 is 0 Å². The number of azo groups is 1. The Bertz CT molecular complexity index is 526. The Hall–Kier alpha value is -0.510. The normalized spacial score (nSPS) is 8.60. The van der Waals surface area contributed by atoms with E-state index in [2.05, 4.69) is 15.2 Å². The van der Waals surface area contributed by atoms with Crippen LogP contribution in [-0.2, 0) is 0 Å². The van der Waals surface area contributed by atoms with Gasteiger partial charge < -0.3 is 21.2 Å². The van der Waals surface area contributed by atoms with Gasteiger partial charge in [0.1, 0.15) is 0 Å². The first-order valence-electron chi connectivity index (χ1n) is 4.56. The van der Waals surface area contributed by atoms with Crippen molar-refractivity contribution in [3.05, 3.63) is 42.6 Å². The molecular formula is C11H11N3Na2O4. The first-order valence-corrected chi connectivity index (χ1v) is 4.56. The average molecular weight is 295 g/mol. The second-order valence-corrected chi connectivity index (χ2v) is 3.02. The van der Waals surface area contributed by atoms with Crippen molar-refractivity contribution in [1.82, 2.24) is 4.98 Å². The minimum absolute atomic E-state index is 0. The number of nitrogens with zero attached hydrogens (tertiary/aromatic N) is 3. The fourth-order valence-electron chi connectivity index (χ4n) is 1.10. The van der Waals surface area contributed by atoms with Crippen molar-refractivity contribution in [2.24, 2.45) is 10.2 Å². The molecule has 0 bridgehead atoms. The molecule has 20 heavy (non-hydrogen) atoms. The monoisotopic (exact) mass is 295 g/mol. The zero-order valence-corrected chi connectivity index (χ0v) is 15.2. The number of pyridine rings is 1. The van der Waals surface area contributed by atoms with Crippen molar-refractivity contribution in [3.63, 3.8) is 0 Å². The van der Waals surface area contributed by atoms with Crippen molar-refractivity contribution < 1.29 is 80.3 Å². The zero-order chi connectivity index (χ0) is 11.4. The summed E-state index contributed by atoms with van der Waals surface area (Å²) in [5.74, 6) is -0.359. The van der Waals surface area contributed by atoms with E-state index in [4.69, 9.17) is 0 Å². The van der Waals surface area contributed by atoms with E-state index in [9.17, 15) is 10.2 Å². The van der Waals surface area contributed by atoms with Gasteiger partial charge in [-0.3, -0.25) is 0 Å². The molecule has 7 nitrogen and oxygen atoms in total. The van der Waals surface area contributed by atoms with Gasteiger partial charge in [0.2, 0.25) is 0 Å². The molecular weight excluding hydrogens is 284 g/mol. The van der Waals surface area contributed by atoms with Gasteiger partial charge >= 0.3 is 59.1 Å². The van der Waals surface area contributed by atoms with E-state index in [1.165, 1.54) is 12.1 Å². The van der Waals surface area contributed by atoms with Gasteiger partial charge in [-0.15, -0.1) is 16.0 Å². The summed E-state index contributed by atoms with van der Waals surface area (Å²) in [6.07, 6.45) is 1.58. The summed E-state index contributed by atoms with van der Waals surface area (Å²) in [6.45, 7) is 0. The van der Waals surface area contributed by atoms with Crippen LogP contribution in [0.4, 0.5) is 11.5 Å². The van der Waals surface area contributed by atoms with Crippen LogP contribution in [0.5, 0.6) is 11.5 Å². The molecule has 0 aliphatic rings. The fraction of sp³-hybridized carbons (Fsp3) is 0. The van der Waals surface area contributed by atoms with Gasteiger partial charge in [0.05, 0.1) is 5.69 Å². The van der Waals surface area contributed by atoms with Crippen molar-refractivity contribution in [2.45, 2.75) is 0 Å². The second-order valence-electron chi connectivity index (χ2n) is 3.02. The van der Waals surface area contributed by atoms with Gasteiger partial charge in [0.15, 0.2) is 5.82 Å². The average Bonchev–Trinajstić information content (AvgIpc) is 2.29. The summed E-state index contributed by atoms with van der Waals surface area (Å²) in [7, 11) is 0. The molecule has 9 heteroatoms. The molecule has 0 amide bonds. The quantitative estimate of drug-likeness (QED) is 0.401. The van der Waals surface area contributed by atoms with Crippen LogP contribution in [0.2, 0.25) is 0 Å². The third-order valence-corrected chi connectivity index (χ3v) is 1.84. The van der Waals surface area contributed by atoms with Crippen LogP contribution in [-0.4, -0.2) is 15.9 Å². The number of hydrogen-bond acceptors (Lipinski definition) is 5. The van der Waals surface area contributed by atoms with Gasteiger partial charge in [-0.2, -0.15) is 0 Å². The Morgan fingerprint density at radius 3 is 2.15 bits per heavy atom. The number of benzene rings is 1. The molecule has 1 aromatic heterocycles. The van der Waals surface area contributed by atoms with Gasteiger partial charge in [0.25, 0.3) is 0 Å². The molecule has 0 aliphatic carbocycles. The molecule has 0 saturated carbocycles. The SMILES string of the molecule is O.O.[Na+].[Na+].[O-]c1ccc(N=Nc2ccccn2)c([O-])c1. The van der Waals surface area contributed by atoms with Crippen molar-refractivity contribution in [1.29, 1.82) is 0 Å². The van der Waals surface area contributed by atoms with Crippen LogP contribution in [0.25, 0.3) is 0 Å². The van der Waals surface area contributed by atoms with E-state index < -0.39 is 5.75 Å². The molecule has 0 radical (unpaired) electrons. The molecule has 1 aromatic carbocycles. The Kier molecular flexibility index (Phi) is 15.0. The predicted molar refractivity (Wildman–Crippen MR) is 61.0 cm³/mol. The standard InChI is InChI=1S/C11H9N3O2.2Na.2H2O/c15-8-4-5-9(10(16)7-8)13-14-11-3-1-2-6-12-11;;;;/h1-7,15-16H;;;2*1H2/q;2*+1;;/p-2. The summed E-state index contributed by atoms with van der Waals surface area (Å²) >= 11 is 0. The van der Waals surface area contributed by atoms with E-state index in [0.29, 0.717) is 5.82 Å². The Morgan fingerprint density at radius 2 is 1.60 bits per heavy atom. The second kappa shape index (κ2) is 12.2.